The van der Waals surface area contributed by atoms with Crippen LogP contribution in [0, 0.1) is 0 Å². The number of hydrogen-bond acceptors (Lipinski definition) is 6. The number of hydrogen-bond donors (Lipinski definition) is 4. The summed E-state index contributed by atoms with van der Waals surface area (Å²) in [6.45, 7) is 0. The number of rotatable bonds is 4. The number of amides is 2. The summed E-state index contributed by atoms with van der Waals surface area (Å²) in [5.74, 6) is -0.367. The molecule has 120 valence electrons. The Bertz CT molecular complexity index is 883. The van der Waals surface area contributed by atoms with E-state index in [-0.39, 0.29) is 11.3 Å². The Kier molecular flexibility index (Phi) is 4.45. The molecule has 0 aliphatic carbocycles. The monoisotopic (exact) mass is 319 g/mol. The standard InChI is InChI=1S/C13H13N5O5/c1-23-9-5-3-2-4-8(9)18-11(20)7(6-15-17-12(14)21)10(19)16-13(18)22/h2-6,20H,1H3,(H3,14,17,21)(H,16,19,22). The van der Waals surface area contributed by atoms with Crippen LogP contribution in [0.15, 0.2) is 39.0 Å². The maximum Gasteiger partial charge on any atom is 0.335 e. The predicted octanol–water partition coefficient (Wildman–Crippen LogP) is -0.758. The number of aromatic amines is 1. The average Bonchev–Trinajstić information content (AvgIpc) is 2.50. The van der Waals surface area contributed by atoms with E-state index in [4.69, 9.17) is 10.5 Å². The molecule has 2 rings (SSSR count). The molecule has 2 amide bonds. The molecule has 0 radical (unpaired) electrons. The Morgan fingerprint density at radius 3 is 2.78 bits per heavy atom. The Morgan fingerprint density at radius 2 is 2.13 bits per heavy atom. The van der Waals surface area contributed by atoms with Gasteiger partial charge in [-0.05, 0) is 12.1 Å². The first-order chi connectivity index (χ1) is 11.0. The molecule has 0 spiro atoms. The van der Waals surface area contributed by atoms with Gasteiger partial charge in [-0.3, -0.25) is 9.78 Å². The molecule has 5 N–H and O–H groups in total. The third-order valence-corrected chi connectivity index (χ3v) is 2.82. The summed E-state index contributed by atoms with van der Waals surface area (Å²) < 4.78 is 5.96. The summed E-state index contributed by atoms with van der Waals surface area (Å²) in [5, 5.41) is 13.6. The van der Waals surface area contributed by atoms with E-state index in [1.807, 2.05) is 10.4 Å². The van der Waals surface area contributed by atoms with Gasteiger partial charge in [-0.1, -0.05) is 12.1 Å². The van der Waals surface area contributed by atoms with Crippen LogP contribution in [0.3, 0.4) is 0 Å². The minimum atomic E-state index is -0.949. The molecule has 2 aromatic rings. The van der Waals surface area contributed by atoms with Gasteiger partial charge in [-0.25, -0.2) is 19.6 Å². The number of aromatic hydroxyl groups is 1. The van der Waals surface area contributed by atoms with Crippen molar-refractivity contribution >= 4 is 12.2 Å². The lowest BCUT2D eigenvalue weighted by atomic mass is 10.2. The number of methoxy groups -OCH3 is 1. The lowest BCUT2D eigenvalue weighted by Crippen LogP contribution is -2.32. The molecule has 0 unspecified atom stereocenters. The lowest BCUT2D eigenvalue weighted by molar-refractivity contribution is 0.249. The van der Waals surface area contributed by atoms with Crippen LogP contribution in [0.25, 0.3) is 5.69 Å². The van der Waals surface area contributed by atoms with E-state index in [1.165, 1.54) is 13.2 Å². The number of ether oxygens (including phenoxy) is 1. The van der Waals surface area contributed by atoms with Gasteiger partial charge in [0.15, 0.2) is 0 Å². The number of nitrogens with zero attached hydrogens (tertiary/aromatic N) is 2. The van der Waals surface area contributed by atoms with Crippen molar-refractivity contribution in [3.05, 3.63) is 50.7 Å². The smallest absolute Gasteiger partial charge is 0.335 e. The number of nitrogens with two attached hydrogens (primary N) is 1. The van der Waals surface area contributed by atoms with Crippen LogP contribution in [0.2, 0.25) is 0 Å². The highest BCUT2D eigenvalue weighted by atomic mass is 16.5. The van der Waals surface area contributed by atoms with Gasteiger partial charge in [0.25, 0.3) is 5.56 Å². The summed E-state index contributed by atoms with van der Waals surface area (Å²) in [5.41, 5.74) is 4.83. The van der Waals surface area contributed by atoms with Crippen LogP contribution >= 0.6 is 0 Å². The van der Waals surface area contributed by atoms with Crippen LogP contribution in [0.1, 0.15) is 5.56 Å². The molecule has 0 atom stereocenters. The van der Waals surface area contributed by atoms with Crippen molar-refractivity contribution in [3.8, 4) is 17.3 Å². The Morgan fingerprint density at radius 1 is 1.43 bits per heavy atom. The van der Waals surface area contributed by atoms with Crippen molar-refractivity contribution in [1.29, 1.82) is 0 Å². The fourth-order valence-corrected chi connectivity index (χ4v) is 1.85. The summed E-state index contributed by atoms with van der Waals surface area (Å²) in [6, 6.07) is 5.44. The maximum atomic E-state index is 12.0. The fraction of sp³-hybridized carbons (Fsp3) is 0.0769. The Balaban J connectivity index is 2.66. The quantitative estimate of drug-likeness (QED) is 0.431. The average molecular weight is 319 g/mol. The first kappa shape index (κ1) is 15.8. The molecule has 0 fully saturated rings. The van der Waals surface area contributed by atoms with E-state index >= 15 is 0 Å². The SMILES string of the molecule is COc1ccccc1-n1c(O)c(C=NNC(N)=O)c(=O)[nH]c1=O. The number of primary amides is 1. The van der Waals surface area contributed by atoms with Gasteiger partial charge in [0.2, 0.25) is 5.88 Å². The zero-order valence-electron chi connectivity index (χ0n) is 11.9. The number of urea groups is 1. The molecule has 0 saturated carbocycles. The second kappa shape index (κ2) is 6.47. The number of benzene rings is 1. The lowest BCUT2D eigenvalue weighted by Gasteiger charge is -2.12. The van der Waals surface area contributed by atoms with Crippen molar-refractivity contribution in [3.63, 3.8) is 0 Å². The van der Waals surface area contributed by atoms with Gasteiger partial charge in [-0.2, -0.15) is 5.10 Å². The number of para-hydroxylation sites is 2. The minimum Gasteiger partial charge on any atom is -0.495 e. The number of aromatic nitrogens is 2. The fourth-order valence-electron chi connectivity index (χ4n) is 1.85. The first-order valence-corrected chi connectivity index (χ1v) is 6.26. The van der Waals surface area contributed by atoms with E-state index in [0.29, 0.717) is 5.75 Å². The van der Waals surface area contributed by atoms with Crippen LogP contribution in [-0.2, 0) is 0 Å². The molecule has 1 aromatic heterocycles. The molecule has 23 heavy (non-hydrogen) atoms. The third kappa shape index (κ3) is 3.20. The molecule has 10 heteroatoms. The van der Waals surface area contributed by atoms with Gasteiger partial charge >= 0.3 is 11.7 Å². The number of carbonyl (C=O) groups excluding carboxylic acids is 1. The van der Waals surface area contributed by atoms with Crippen LogP contribution in [0.4, 0.5) is 4.79 Å². The van der Waals surface area contributed by atoms with Gasteiger partial charge in [-0.15, -0.1) is 0 Å². The van der Waals surface area contributed by atoms with E-state index in [1.54, 1.807) is 18.2 Å². The number of hydrazone groups is 1. The van der Waals surface area contributed by atoms with E-state index in [9.17, 15) is 19.5 Å². The van der Waals surface area contributed by atoms with Crippen molar-refractivity contribution in [1.82, 2.24) is 15.0 Å². The first-order valence-electron chi connectivity index (χ1n) is 6.26. The molecular formula is C13H13N5O5. The largest absolute Gasteiger partial charge is 0.495 e. The Labute approximate surface area is 128 Å². The van der Waals surface area contributed by atoms with Crippen molar-refractivity contribution in [2.75, 3.05) is 7.11 Å². The number of nitrogens with one attached hydrogen (secondary N) is 2. The summed E-state index contributed by atoms with van der Waals surface area (Å²) in [4.78, 5) is 36.4. The molecule has 10 nitrogen and oxygen atoms in total. The van der Waals surface area contributed by atoms with Gasteiger partial charge in [0.1, 0.15) is 11.3 Å². The van der Waals surface area contributed by atoms with Crippen molar-refractivity contribution in [2.45, 2.75) is 0 Å². The highest BCUT2D eigenvalue weighted by molar-refractivity contribution is 5.83. The molecule has 1 aromatic carbocycles. The van der Waals surface area contributed by atoms with Crippen molar-refractivity contribution < 1.29 is 14.6 Å². The van der Waals surface area contributed by atoms with Crippen LogP contribution in [-0.4, -0.2) is 34.0 Å². The highest BCUT2D eigenvalue weighted by Crippen LogP contribution is 2.24. The summed E-state index contributed by atoms with van der Waals surface area (Å²) in [7, 11) is 1.39. The van der Waals surface area contributed by atoms with E-state index in [0.717, 1.165) is 10.8 Å². The Hall–Kier alpha value is -3.56. The topological polar surface area (TPSA) is 152 Å². The second-order valence-electron chi connectivity index (χ2n) is 4.24. The summed E-state index contributed by atoms with van der Waals surface area (Å²) in [6.07, 6.45) is 0.865. The molecule has 0 aliphatic rings. The van der Waals surface area contributed by atoms with Gasteiger partial charge in [0, 0.05) is 0 Å². The molecule has 0 saturated heterocycles. The summed E-state index contributed by atoms with van der Waals surface area (Å²) >= 11 is 0. The molecular weight excluding hydrogens is 306 g/mol. The number of H-pyrrole nitrogens is 1. The van der Waals surface area contributed by atoms with Gasteiger partial charge in [0.05, 0.1) is 19.0 Å². The van der Waals surface area contributed by atoms with Crippen molar-refractivity contribution in [2.24, 2.45) is 10.8 Å². The normalized spacial score (nSPS) is 10.7. The highest BCUT2D eigenvalue weighted by Gasteiger charge is 2.16. The maximum absolute atomic E-state index is 12.0. The zero-order valence-corrected chi connectivity index (χ0v) is 11.9. The molecule has 1 heterocycles. The molecule has 0 bridgehead atoms. The second-order valence-corrected chi connectivity index (χ2v) is 4.24. The predicted molar refractivity (Wildman–Crippen MR) is 81.2 cm³/mol. The van der Waals surface area contributed by atoms with Crippen LogP contribution in [0.5, 0.6) is 11.6 Å². The minimum absolute atomic E-state index is 0.214. The van der Waals surface area contributed by atoms with E-state index in [2.05, 4.69) is 5.10 Å². The third-order valence-electron chi connectivity index (χ3n) is 2.82. The van der Waals surface area contributed by atoms with Crippen LogP contribution < -0.4 is 27.1 Å². The van der Waals surface area contributed by atoms with E-state index < -0.39 is 23.2 Å². The zero-order chi connectivity index (χ0) is 17.0. The number of carbonyl (C=O) groups is 1. The molecule has 0 aliphatic heterocycles. The van der Waals surface area contributed by atoms with Gasteiger partial charge < -0.3 is 15.6 Å².